The zero-order valence-electron chi connectivity index (χ0n) is 10.3. The summed E-state index contributed by atoms with van der Waals surface area (Å²) in [4.78, 5) is 2.66. The van der Waals surface area contributed by atoms with E-state index in [2.05, 4.69) is 45.1 Å². The largest absolute Gasteiger partial charge is 0.298 e. The van der Waals surface area contributed by atoms with Crippen molar-refractivity contribution in [3.63, 3.8) is 0 Å². The molecule has 3 rings (SSSR count). The molecule has 0 N–H and O–H groups in total. The lowest BCUT2D eigenvalue weighted by atomic mass is 9.70. The highest BCUT2D eigenvalue weighted by atomic mass is 79.9. The predicted molar refractivity (Wildman–Crippen MR) is 75.5 cm³/mol. The van der Waals surface area contributed by atoms with Gasteiger partial charge in [0.2, 0.25) is 0 Å². The number of fused-ring (bicyclic) bond motifs is 1. The minimum absolute atomic E-state index is 0.590. The zero-order valence-corrected chi connectivity index (χ0v) is 11.9. The van der Waals surface area contributed by atoms with Gasteiger partial charge in [0.15, 0.2) is 0 Å². The van der Waals surface area contributed by atoms with Crippen molar-refractivity contribution in [1.82, 2.24) is 4.90 Å². The monoisotopic (exact) mass is 293 g/mol. The third kappa shape index (κ3) is 2.30. The van der Waals surface area contributed by atoms with Crippen LogP contribution in [0.5, 0.6) is 0 Å². The van der Waals surface area contributed by atoms with Gasteiger partial charge >= 0.3 is 0 Å². The standard InChI is InChI=1S/C15H20BrN/c16-11-15(7-3-8-15)12-17-9-6-13-4-1-2-5-14(13)10-17/h1-2,4-5H,3,6-12H2. The molecule has 1 aromatic carbocycles. The van der Waals surface area contributed by atoms with Gasteiger partial charge in [-0.15, -0.1) is 0 Å². The summed E-state index contributed by atoms with van der Waals surface area (Å²) in [6.07, 6.45) is 5.48. The average molecular weight is 294 g/mol. The molecule has 0 aromatic heterocycles. The fraction of sp³-hybridized carbons (Fsp3) is 0.600. The van der Waals surface area contributed by atoms with Crippen molar-refractivity contribution in [3.05, 3.63) is 35.4 Å². The third-order valence-electron chi connectivity index (χ3n) is 4.47. The first-order valence-electron chi connectivity index (χ1n) is 6.66. The van der Waals surface area contributed by atoms with Crippen LogP contribution >= 0.6 is 15.9 Å². The van der Waals surface area contributed by atoms with Crippen molar-refractivity contribution >= 4 is 15.9 Å². The second kappa shape index (κ2) is 4.74. The van der Waals surface area contributed by atoms with Crippen LogP contribution in [0.15, 0.2) is 24.3 Å². The topological polar surface area (TPSA) is 3.24 Å². The molecule has 17 heavy (non-hydrogen) atoms. The molecule has 1 aromatic rings. The fourth-order valence-corrected chi connectivity index (χ4v) is 3.91. The lowest BCUT2D eigenvalue weighted by Crippen LogP contribution is -2.45. The first kappa shape index (κ1) is 11.7. The Morgan fingerprint density at radius 1 is 1.18 bits per heavy atom. The van der Waals surface area contributed by atoms with Gasteiger partial charge in [-0.1, -0.05) is 46.6 Å². The van der Waals surface area contributed by atoms with Crippen LogP contribution in [-0.2, 0) is 13.0 Å². The van der Waals surface area contributed by atoms with Gasteiger partial charge in [-0.2, -0.15) is 0 Å². The molecule has 0 spiro atoms. The summed E-state index contributed by atoms with van der Waals surface area (Å²) in [7, 11) is 0. The van der Waals surface area contributed by atoms with E-state index in [0.29, 0.717) is 5.41 Å². The Balaban J connectivity index is 1.68. The molecule has 2 aliphatic rings. The van der Waals surface area contributed by atoms with Gasteiger partial charge < -0.3 is 0 Å². The lowest BCUT2D eigenvalue weighted by molar-refractivity contribution is 0.0836. The highest BCUT2D eigenvalue weighted by molar-refractivity contribution is 9.09. The van der Waals surface area contributed by atoms with E-state index in [-0.39, 0.29) is 0 Å². The first-order chi connectivity index (χ1) is 8.31. The molecule has 0 unspecified atom stereocenters. The van der Waals surface area contributed by atoms with E-state index in [4.69, 9.17) is 0 Å². The van der Waals surface area contributed by atoms with Gasteiger partial charge in [0.25, 0.3) is 0 Å². The SMILES string of the molecule is BrCC1(CN2CCc3ccccc3C2)CCC1. The van der Waals surface area contributed by atoms with E-state index in [1.54, 1.807) is 11.1 Å². The van der Waals surface area contributed by atoms with Crippen molar-refractivity contribution in [2.75, 3.05) is 18.4 Å². The minimum atomic E-state index is 0.590. The smallest absolute Gasteiger partial charge is 0.0236 e. The van der Waals surface area contributed by atoms with Crippen LogP contribution in [0.25, 0.3) is 0 Å². The number of hydrogen-bond donors (Lipinski definition) is 0. The summed E-state index contributed by atoms with van der Waals surface area (Å²) in [5.41, 5.74) is 3.69. The van der Waals surface area contributed by atoms with E-state index in [1.807, 2.05) is 0 Å². The van der Waals surface area contributed by atoms with E-state index in [9.17, 15) is 0 Å². The van der Waals surface area contributed by atoms with Gasteiger partial charge in [0, 0.05) is 25.0 Å². The average Bonchev–Trinajstić information content (AvgIpc) is 2.34. The fourth-order valence-electron chi connectivity index (χ4n) is 3.17. The second-order valence-electron chi connectivity index (χ2n) is 5.72. The molecular formula is C15H20BrN. The molecule has 92 valence electrons. The minimum Gasteiger partial charge on any atom is -0.298 e. The summed E-state index contributed by atoms with van der Waals surface area (Å²) in [6.45, 7) is 3.68. The maximum absolute atomic E-state index is 3.72. The molecule has 0 bridgehead atoms. The van der Waals surface area contributed by atoms with Crippen LogP contribution in [0.2, 0.25) is 0 Å². The van der Waals surface area contributed by atoms with Crippen molar-refractivity contribution in [2.24, 2.45) is 5.41 Å². The number of hydrogen-bond acceptors (Lipinski definition) is 1. The Morgan fingerprint density at radius 3 is 2.59 bits per heavy atom. The number of benzene rings is 1. The Labute approximate surface area is 112 Å². The Hall–Kier alpha value is -0.340. The molecule has 1 heterocycles. The third-order valence-corrected chi connectivity index (χ3v) is 5.66. The number of alkyl halides is 1. The predicted octanol–water partition coefficient (Wildman–Crippen LogP) is 3.61. The van der Waals surface area contributed by atoms with Gasteiger partial charge in [-0.05, 0) is 35.8 Å². The lowest BCUT2D eigenvalue weighted by Gasteiger charge is -2.45. The van der Waals surface area contributed by atoms with Crippen LogP contribution in [0.3, 0.4) is 0 Å². The van der Waals surface area contributed by atoms with Crippen LogP contribution in [-0.4, -0.2) is 23.3 Å². The zero-order chi connectivity index (χ0) is 11.7. The highest BCUT2D eigenvalue weighted by Crippen LogP contribution is 2.43. The molecule has 0 atom stereocenters. The molecule has 1 nitrogen and oxygen atoms in total. The molecule has 1 saturated carbocycles. The number of rotatable bonds is 3. The maximum atomic E-state index is 3.72. The van der Waals surface area contributed by atoms with E-state index in [0.717, 1.165) is 6.54 Å². The Kier molecular flexibility index (Phi) is 3.27. The van der Waals surface area contributed by atoms with Crippen molar-refractivity contribution < 1.29 is 0 Å². The van der Waals surface area contributed by atoms with Crippen LogP contribution in [0, 0.1) is 5.41 Å². The molecule has 0 radical (unpaired) electrons. The normalized spacial score (nSPS) is 22.9. The number of halogens is 1. The van der Waals surface area contributed by atoms with Gasteiger partial charge in [-0.25, -0.2) is 0 Å². The van der Waals surface area contributed by atoms with Gasteiger partial charge in [-0.3, -0.25) is 4.90 Å². The summed E-state index contributed by atoms with van der Waals surface area (Å²) in [5.74, 6) is 0. The molecule has 1 aliphatic carbocycles. The number of nitrogens with zero attached hydrogens (tertiary/aromatic N) is 1. The first-order valence-corrected chi connectivity index (χ1v) is 7.79. The summed E-state index contributed by atoms with van der Waals surface area (Å²) in [6, 6.07) is 8.92. The van der Waals surface area contributed by atoms with Gasteiger partial charge in [0.1, 0.15) is 0 Å². The maximum Gasteiger partial charge on any atom is 0.0236 e. The van der Waals surface area contributed by atoms with E-state index in [1.165, 1.54) is 44.1 Å². The second-order valence-corrected chi connectivity index (χ2v) is 6.28. The Bertz CT molecular complexity index is 392. The van der Waals surface area contributed by atoms with Crippen molar-refractivity contribution in [2.45, 2.75) is 32.2 Å². The molecule has 0 saturated heterocycles. The van der Waals surface area contributed by atoms with Crippen LogP contribution in [0.4, 0.5) is 0 Å². The molecule has 0 amide bonds. The van der Waals surface area contributed by atoms with Crippen molar-refractivity contribution in [1.29, 1.82) is 0 Å². The van der Waals surface area contributed by atoms with Crippen molar-refractivity contribution in [3.8, 4) is 0 Å². The quantitative estimate of drug-likeness (QED) is 0.770. The van der Waals surface area contributed by atoms with Crippen LogP contribution < -0.4 is 0 Å². The van der Waals surface area contributed by atoms with E-state index < -0.39 is 0 Å². The summed E-state index contributed by atoms with van der Waals surface area (Å²) in [5, 5.41) is 1.18. The van der Waals surface area contributed by atoms with E-state index >= 15 is 0 Å². The molecule has 1 aliphatic heterocycles. The Morgan fingerprint density at radius 2 is 1.94 bits per heavy atom. The van der Waals surface area contributed by atoms with Crippen LogP contribution in [0.1, 0.15) is 30.4 Å². The molecule has 2 heteroatoms. The highest BCUT2D eigenvalue weighted by Gasteiger charge is 2.37. The van der Waals surface area contributed by atoms with Gasteiger partial charge in [0.05, 0.1) is 0 Å². The summed E-state index contributed by atoms with van der Waals surface area (Å²) < 4.78 is 0. The summed E-state index contributed by atoms with van der Waals surface area (Å²) >= 11 is 3.72. The molecule has 1 fully saturated rings. The molecular weight excluding hydrogens is 274 g/mol.